The van der Waals surface area contributed by atoms with Crippen LogP contribution < -0.4 is 10.1 Å². The summed E-state index contributed by atoms with van der Waals surface area (Å²) in [4.78, 5) is 4.34. The Hall–Kier alpha value is -1.10. The van der Waals surface area contributed by atoms with Gasteiger partial charge in [-0.15, -0.1) is 0 Å². The summed E-state index contributed by atoms with van der Waals surface area (Å²) in [5.74, 6) is 0.740. The van der Waals surface area contributed by atoms with Gasteiger partial charge in [0.15, 0.2) is 0 Å². The van der Waals surface area contributed by atoms with Crippen molar-refractivity contribution in [3.63, 3.8) is 0 Å². The Labute approximate surface area is 132 Å². The van der Waals surface area contributed by atoms with Crippen LogP contribution in [0.4, 0.5) is 0 Å². The molecule has 5 heteroatoms. The lowest BCUT2D eigenvalue weighted by Crippen LogP contribution is -2.12. The molecule has 3 nitrogen and oxygen atoms in total. The van der Waals surface area contributed by atoms with Crippen molar-refractivity contribution < 1.29 is 4.74 Å². The van der Waals surface area contributed by atoms with Gasteiger partial charge in [-0.25, -0.2) is 0 Å². The smallest absolute Gasteiger partial charge is 0.138 e. The number of aromatic nitrogens is 1. The first kappa shape index (κ1) is 15.3. The summed E-state index contributed by atoms with van der Waals surface area (Å²) in [6.07, 6.45) is 1.74. The van der Waals surface area contributed by atoms with Crippen LogP contribution in [0.25, 0.3) is 0 Å². The molecule has 20 heavy (non-hydrogen) atoms. The zero-order valence-electron chi connectivity index (χ0n) is 11.2. The molecule has 106 valence electrons. The molecule has 0 fully saturated rings. The first-order valence-corrected chi connectivity index (χ1v) is 7.58. The number of ether oxygens (including phenoxy) is 1. The van der Waals surface area contributed by atoms with Crippen molar-refractivity contribution in [1.82, 2.24) is 10.3 Å². The van der Waals surface area contributed by atoms with Gasteiger partial charge in [0.25, 0.3) is 0 Å². The SMILES string of the molecule is CCNCc1ccc(OCc2ccc(Br)cc2Cl)cn1. The van der Waals surface area contributed by atoms with Gasteiger partial charge in [-0.3, -0.25) is 4.98 Å². The molecule has 0 aliphatic carbocycles. The Balaban J connectivity index is 1.93. The summed E-state index contributed by atoms with van der Waals surface area (Å²) in [7, 11) is 0. The Bertz CT molecular complexity index is 560. The fraction of sp³-hybridized carbons (Fsp3) is 0.267. The molecule has 1 heterocycles. The van der Waals surface area contributed by atoms with Crippen LogP contribution in [0, 0.1) is 0 Å². The first-order valence-electron chi connectivity index (χ1n) is 6.41. The van der Waals surface area contributed by atoms with Crippen LogP contribution in [0.3, 0.4) is 0 Å². The maximum atomic E-state index is 6.14. The van der Waals surface area contributed by atoms with E-state index in [1.807, 2.05) is 30.3 Å². The van der Waals surface area contributed by atoms with E-state index in [1.54, 1.807) is 6.20 Å². The van der Waals surface area contributed by atoms with Crippen LogP contribution in [0.2, 0.25) is 5.02 Å². The molecule has 0 unspecified atom stereocenters. The molecule has 0 aliphatic rings. The second-order valence-electron chi connectivity index (χ2n) is 4.29. The molecule has 0 bridgehead atoms. The third-order valence-corrected chi connectivity index (χ3v) is 3.61. The highest BCUT2D eigenvalue weighted by Gasteiger charge is 2.03. The Kier molecular flexibility index (Phi) is 5.83. The van der Waals surface area contributed by atoms with Gasteiger partial charge < -0.3 is 10.1 Å². The van der Waals surface area contributed by atoms with E-state index >= 15 is 0 Å². The number of hydrogen-bond donors (Lipinski definition) is 1. The van der Waals surface area contributed by atoms with Gasteiger partial charge in [0.1, 0.15) is 12.4 Å². The minimum absolute atomic E-state index is 0.431. The number of hydrogen-bond acceptors (Lipinski definition) is 3. The molecule has 1 N–H and O–H groups in total. The van der Waals surface area contributed by atoms with Gasteiger partial charge in [-0.2, -0.15) is 0 Å². The van der Waals surface area contributed by atoms with Gasteiger partial charge >= 0.3 is 0 Å². The van der Waals surface area contributed by atoms with Gasteiger partial charge in [-0.1, -0.05) is 40.5 Å². The predicted octanol–water partition coefficient (Wildman–Crippen LogP) is 4.19. The van der Waals surface area contributed by atoms with Crippen molar-refractivity contribution in [2.45, 2.75) is 20.1 Å². The predicted molar refractivity (Wildman–Crippen MR) is 85.1 cm³/mol. The lowest BCUT2D eigenvalue weighted by molar-refractivity contribution is 0.305. The fourth-order valence-electron chi connectivity index (χ4n) is 1.65. The molecular formula is C15H16BrClN2O. The minimum Gasteiger partial charge on any atom is -0.487 e. The number of pyridine rings is 1. The van der Waals surface area contributed by atoms with Crippen LogP contribution in [0.1, 0.15) is 18.2 Å². The summed E-state index contributed by atoms with van der Waals surface area (Å²) < 4.78 is 6.65. The van der Waals surface area contributed by atoms with Gasteiger partial charge in [0.2, 0.25) is 0 Å². The number of nitrogens with zero attached hydrogens (tertiary/aromatic N) is 1. The van der Waals surface area contributed by atoms with Crippen LogP contribution >= 0.6 is 27.5 Å². The van der Waals surface area contributed by atoms with Crippen molar-refractivity contribution in [2.75, 3.05) is 6.54 Å². The number of benzene rings is 1. The highest BCUT2D eigenvalue weighted by molar-refractivity contribution is 9.10. The van der Waals surface area contributed by atoms with Crippen molar-refractivity contribution in [3.8, 4) is 5.75 Å². The van der Waals surface area contributed by atoms with Gasteiger partial charge in [0.05, 0.1) is 11.9 Å². The van der Waals surface area contributed by atoms with E-state index in [9.17, 15) is 0 Å². The summed E-state index contributed by atoms with van der Waals surface area (Å²) in [5, 5.41) is 3.92. The Morgan fingerprint density at radius 3 is 2.80 bits per heavy atom. The van der Waals surface area contributed by atoms with Gasteiger partial charge in [0, 0.05) is 21.6 Å². The minimum atomic E-state index is 0.431. The molecule has 1 aromatic heterocycles. The molecule has 0 radical (unpaired) electrons. The first-order chi connectivity index (χ1) is 9.69. The molecule has 0 amide bonds. The zero-order valence-corrected chi connectivity index (χ0v) is 13.5. The van der Waals surface area contributed by atoms with Crippen LogP contribution in [-0.4, -0.2) is 11.5 Å². The Morgan fingerprint density at radius 1 is 1.30 bits per heavy atom. The molecule has 0 saturated heterocycles. The van der Waals surface area contributed by atoms with Crippen LogP contribution in [0.15, 0.2) is 41.0 Å². The lowest BCUT2D eigenvalue weighted by Gasteiger charge is -2.08. The molecule has 0 atom stereocenters. The van der Waals surface area contributed by atoms with Crippen molar-refractivity contribution in [3.05, 3.63) is 57.3 Å². The van der Waals surface area contributed by atoms with Gasteiger partial charge in [-0.05, 0) is 30.8 Å². The summed E-state index contributed by atoms with van der Waals surface area (Å²) in [6.45, 7) is 4.21. The van der Waals surface area contributed by atoms with E-state index in [2.05, 4.69) is 33.2 Å². The highest BCUT2D eigenvalue weighted by atomic mass is 79.9. The van der Waals surface area contributed by atoms with E-state index in [0.29, 0.717) is 11.6 Å². The van der Waals surface area contributed by atoms with Crippen molar-refractivity contribution in [2.24, 2.45) is 0 Å². The largest absolute Gasteiger partial charge is 0.487 e. The number of rotatable bonds is 6. The standard InChI is InChI=1S/C15H16BrClN2O/c1-2-18-8-13-5-6-14(9-19-13)20-10-11-3-4-12(16)7-15(11)17/h3-7,9,18H,2,8,10H2,1H3. The second kappa shape index (κ2) is 7.62. The normalized spacial score (nSPS) is 10.6. The Morgan fingerprint density at radius 2 is 2.15 bits per heavy atom. The summed E-state index contributed by atoms with van der Waals surface area (Å²) in [5.41, 5.74) is 1.95. The van der Waals surface area contributed by atoms with E-state index in [4.69, 9.17) is 16.3 Å². The summed E-state index contributed by atoms with van der Waals surface area (Å²) in [6, 6.07) is 9.63. The maximum Gasteiger partial charge on any atom is 0.138 e. The molecule has 1 aromatic carbocycles. The summed E-state index contributed by atoms with van der Waals surface area (Å²) >= 11 is 9.52. The quantitative estimate of drug-likeness (QED) is 0.844. The molecule has 0 aliphatic heterocycles. The van der Waals surface area contributed by atoms with Crippen LogP contribution in [-0.2, 0) is 13.2 Å². The van der Waals surface area contributed by atoms with Crippen molar-refractivity contribution in [1.29, 1.82) is 0 Å². The molecular weight excluding hydrogens is 340 g/mol. The molecule has 2 rings (SSSR count). The monoisotopic (exact) mass is 354 g/mol. The van der Waals surface area contributed by atoms with Crippen LogP contribution in [0.5, 0.6) is 5.75 Å². The fourth-order valence-corrected chi connectivity index (χ4v) is 2.38. The molecule has 2 aromatic rings. The lowest BCUT2D eigenvalue weighted by atomic mass is 10.2. The van der Waals surface area contributed by atoms with E-state index < -0.39 is 0 Å². The molecule has 0 spiro atoms. The topological polar surface area (TPSA) is 34.1 Å². The average molecular weight is 356 g/mol. The average Bonchev–Trinajstić information content (AvgIpc) is 2.45. The molecule has 0 saturated carbocycles. The van der Waals surface area contributed by atoms with E-state index in [-0.39, 0.29) is 0 Å². The number of halogens is 2. The second-order valence-corrected chi connectivity index (χ2v) is 5.61. The van der Waals surface area contributed by atoms with E-state index in [0.717, 1.165) is 34.6 Å². The maximum absolute atomic E-state index is 6.14. The third kappa shape index (κ3) is 4.47. The zero-order chi connectivity index (χ0) is 14.4. The third-order valence-electron chi connectivity index (χ3n) is 2.76. The highest BCUT2D eigenvalue weighted by Crippen LogP contribution is 2.22. The van der Waals surface area contributed by atoms with Crippen molar-refractivity contribution >= 4 is 27.5 Å². The number of nitrogens with one attached hydrogen (secondary N) is 1. The van der Waals surface area contributed by atoms with E-state index in [1.165, 1.54) is 0 Å².